The first-order chi connectivity index (χ1) is 17.7. The van der Waals surface area contributed by atoms with Gasteiger partial charge in [-0.3, -0.25) is 14.9 Å². The van der Waals surface area contributed by atoms with Gasteiger partial charge in [0.1, 0.15) is 5.69 Å². The Morgan fingerprint density at radius 3 is 2.49 bits per heavy atom. The minimum atomic E-state index is -0.610. The molecule has 0 radical (unpaired) electrons. The van der Waals surface area contributed by atoms with E-state index in [-0.39, 0.29) is 28.3 Å². The van der Waals surface area contributed by atoms with Gasteiger partial charge in [-0.25, -0.2) is 4.79 Å². The molecule has 0 aliphatic carbocycles. The summed E-state index contributed by atoms with van der Waals surface area (Å²) < 4.78 is 0. The van der Waals surface area contributed by atoms with E-state index in [1.54, 1.807) is 56.3 Å². The summed E-state index contributed by atoms with van der Waals surface area (Å²) >= 11 is 0. The Bertz CT molecular complexity index is 1820. The van der Waals surface area contributed by atoms with Crippen molar-refractivity contribution < 1.29 is 14.8 Å². The summed E-state index contributed by atoms with van der Waals surface area (Å²) in [6, 6.07) is 16.4. The third-order valence-electron chi connectivity index (χ3n) is 5.93. The van der Waals surface area contributed by atoms with E-state index < -0.39 is 16.6 Å². The number of aromatic hydroxyl groups is 1. The summed E-state index contributed by atoms with van der Waals surface area (Å²) in [5.74, 6) is -1.04. The van der Waals surface area contributed by atoms with E-state index in [1.165, 1.54) is 18.2 Å². The average molecular weight is 496 g/mol. The molecule has 5 rings (SSSR count). The topological polar surface area (TPSA) is 166 Å². The summed E-state index contributed by atoms with van der Waals surface area (Å²) in [5, 5.41) is 34.6. The fourth-order valence-electron chi connectivity index (χ4n) is 4.07. The lowest BCUT2D eigenvalue weighted by Gasteiger charge is -2.12. The molecule has 0 bridgehead atoms. The van der Waals surface area contributed by atoms with E-state index in [4.69, 9.17) is 0 Å². The largest absolute Gasteiger partial charge is 0.505 e. The maximum absolute atomic E-state index is 13.3. The molecule has 0 saturated carbocycles. The standard InChI is InChI=1S/C26H20N6O5/c1-13-7-8-18(22(9-13)32(36)37)30-31-23-16-6-4-3-5-15(16)11-17(24(23)33)25(34)27-19-12-21-20(10-14(19)2)28-26(35)29-21/h3-12,33H,1-2H3,(H,27,34)(H2,28,29,35). The van der Waals surface area contributed by atoms with Gasteiger partial charge in [-0.2, -0.15) is 0 Å². The number of nitrogens with one attached hydrogen (secondary N) is 3. The number of azo groups is 1. The molecule has 4 aromatic carbocycles. The minimum Gasteiger partial charge on any atom is -0.505 e. The molecule has 0 atom stereocenters. The molecule has 0 spiro atoms. The van der Waals surface area contributed by atoms with Gasteiger partial charge in [0.2, 0.25) is 0 Å². The molecule has 1 aromatic heterocycles. The van der Waals surface area contributed by atoms with Gasteiger partial charge in [0, 0.05) is 17.1 Å². The third kappa shape index (κ3) is 4.41. The number of carbonyl (C=O) groups excluding carboxylic acids is 1. The Morgan fingerprint density at radius 1 is 1.00 bits per heavy atom. The van der Waals surface area contributed by atoms with Crippen LogP contribution in [0.1, 0.15) is 21.5 Å². The fourth-order valence-corrected chi connectivity index (χ4v) is 4.07. The van der Waals surface area contributed by atoms with Crippen molar-refractivity contribution in [1.29, 1.82) is 0 Å². The summed E-state index contributed by atoms with van der Waals surface area (Å²) in [7, 11) is 0. The Labute approximate surface area is 208 Å². The number of aromatic amines is 2. The predicted molar refractivity (Wildman–Crippen MR) is 139 cm³/mol. The zero-order valence-corrected chi connectivity index (χ0v) is 19.7. The van der Waals surface area contributed by atoms with Gasteiger partial charge in [-0.1, -0.05) is 30.3 Å². The number of amides is 1. The second-order valence-electron chi connectivity index (χ2n) is 8.54. The molecule has 11 heteroatoms. The molecule has 4 N–H and O–H groups in total. The normalized spacial score (nSPS) is 11.4. The van der Waals surface area contributed by atoms with E-state index in [0.717, 1.165) is 0 Å². The van der Waals surface area contributed by atoms with Crippen molar-refractivity contribution in [3.63, 3.8) is 0 Å². The minimum absolute atomic E-state index is 0.000242. The SMILES string of the molecule is Cc1ccc(N=Nc2c(O)c(C(=O)Nc3cc4[nH]c(=O)[nH]c4cc3C)cc3ccccc23)c([N+](=O)[O-])c1. The number of fused-ring (bicyclic) bond motifs is 2. The van der Waals surface area contributed by atoms with Gasteiger partial charge < -0.3 is 20.4 Å². The van der Waals surface area contributed by atoms with Crippen LogP contribution >= 0.6 is 0 Å². The number of H-pyrrole nitrogens is 2. The van der Waals surface area contributed by atoms with E-state index in [1.807, 2.05) is 0 Å². The van der Waals surface area contributed by atoms with Crippen LogP contribution in [-0.4, -0.2) is 25.9 Å². The molecule has 5 aromatic rings. The van der Waals surface area contributed by atoms with Crippen LogP contribution in [0.2, 0.25) is 0 Å². The van der Waals surface area contributed by atoms with Crippen molar-refractivity contribution in [2.24, 2.45) is 10.2 Å². The molecule has 184 valence electrons. The maximum atomic E-state index is 13.3. The lowest BCUT2D eigenvalue weighted by Crippen LogP contribution is -2.13. The van der Waals surface area contributed by atoms with E-state index in [2.05, 4.69) is 25.5 Å². The molecule has 11 nitrogen and oxygen atoms in total. The maximum Gasteiger partial charge on any atom is 0.323 e. The van der Waals surface area contributed by atoms with Crippen molar-refractivity contribution >= 4 is 50.5 Å². The number of phenolic OH excluding ortho intramolecular Hbond substituents is 1. The highest BCUT2D eigenvalue weighted by atomic mass is 16.6. The van der Waals surface area contributed by atoms with E-state index in [9.17, 15) is 24.8 Å². The van der Waals surface area contributed by atoms with E-state index >= 15 is 0 Å². The van der Waals surface area contributed by atoms with Gasteiger partial charge >= 0.3 is 5.69 Å². The summed E-state index contributed by atoms with van der Waals surface area (Å²) in [5.41, 5.74) is 2.30. The van der Waals surface area contributed by atoms with Gasteiger partial charge in [0.05, 0.1) is 21.5 Å². The number of imidazole rings is 1. The monoisotopic (exact) mass is 496 g/mol. The number of aryl methyl sites for hydroxylation is 2. The molecular weight excluding hydrogens is 476 g/mol. The summed E-state index contributed by atoms with van der Waals surface area (Å²) in [6.07, 6.45) is 0. The van der Waals surface area contributed by atoms with Crippen molar-refractivity contribution in [3.05, 3.63) is 98.0 Å². The predicted octanol–water partition coefficient (Wildman–Crippen LogP) is 5.91. The number of nitrogens with zero attached hydrogens (tertiary/aromatic N) is 3. The Balaban J connectivity index is 1.58. The molecule has 1 heterocycles. The lowest BCUT2D eigenvalue weighted by molar-refractivity contribution is -0.384. The molecule has 0 unspecified atom stereocenters. The van der Waals surface area contributed by atoms with Crippen LogP contribution in [0.25, 0.3) is 21.8 Å². The molecule has 37 heavy (non-hydrogen) atoms. The smallest absolute Gasteiger partial charge is 0.323 e. The van der Waals surface area contributed by atoms with Gasteiger partial charge in [-0.05, 0) is 54.6 Å². The van der Waals surface area contributed by atoms with Crippen molar-refractivity contribution in [2.45, 2.75) is 13.8 Å². The Kier molecular flexibility index (Phi) is 5.72. The Hall–Kier alpha value is -5.32. The first-order valence-corrected chi connectivity index (χ1v) is 11.2. The van der Waals surface area contributed by atoms with Crippen molar-refractivity contribution in [1.82, 2.24) is 9.97 Å². The molecular formula is C26H20N6O5. The lowest BCUT2D eigenvalue weighted by atomic mass is 10.0. The second kappa shape index (κ2) is 9.04. The van der Waals surface area contributed by atoms with Crippen LogP contribution < -0.4 is 11.0 Å². The third-order valence-corrected chi connectivity index (χ3v) is 5.93. The van der Waals surface area contributed by atoms with Crippen LogP contribution in [0.4, 0.5) is 22.7 Å². The number of hydrogen-bond donors (Lipinski definition) is 4. The number of phenols is 1. The number of aromatic nitrogens is 2. The summed E-state index contributed by atoms with van der Waals surface area (Å²) in [4.78, 5) is 41.1. The second-order valence-corrected chi connectivity index (χ2v) is 8.54. The van der Waals surface area contributed by atoms with Gasteiger partial charge in [0.15, 0.2) is 11.4 Å². The molecule has 0 fully saturated rings. The fraction of sp³-hybridized carbons (Fsp3) is 0.0769. The highest BCUT2D eigenvalue weighted by Crippen LogP contribution is 2.40. The highest BCUT2D eigenvalue weighted by Gasteiger charge is 2.20. The quantitative estimate of drug-likeness (QED) is 0.135. The number of carbonyl (C=O) groups is 1. The number of benzene rings is 4. The molecule has 1 amide bonds. The van der Waals surface area contributed by atoms with Gasteiger partial charge in [-0.15, -0.1) is 10.2 Å². The number of rotatable bonds is 5. The number of hydrogen-bond acceptors (Lipinski definition) is 7. The van der Waals surface area contributed by atoms with Crippen LogP contribution in [0, 0.1) is 24.0 Å². The van der Waals surface area contributed by atoms with Crippen LogP contribution in [0.5, 0.6) is 5.75 Å². The van der Waals surface area contributed by atoms with Crippen LogP contribution in [0.3, 0.4) is 0 Å². The zero-order chi connectivity index (χ0) is 26.3. The summed E-state index contributed by atoms with van der Waals surface area (Å²) in [6.45, 7) is 3.50. The van der Waals surface area contributed by atoms with Crippen molar-refractivity contribution in [3.8, 4) is 5.75 Å². The molecule has 0 aliphatic heterocycles. The number of nitro benzene ring substituents is 1. The van der Waals surface area contributed by atoms with Crippen LogP contribution in [0.15, 0.2) is 75.7 Å². The van der Waals surface area contributed by atoms with Crippen LogP contribution in [-0.2, 0) is 0 Å². The first kappa shape index (κ1) is 23.4. The van der Waals surface area contributed by atoms with Gasteiger partial charge in [0.25, 0.3) is 11.6 Å². The highest BCUT2D eigenvalue weighted by molar-refractivity contribution is 6.12. The molecule has 0 saturated heterocycles. The first-order valence-electron chi connectivity index (χ1n) is 11.2. The van der Waals surface area contributed by atoms with Crippen molar-refractivity contribution in [2.75, 3.05) is 5.32 Å². The average Bonchev–Trinajstić information content (AvgIpc) is 3.22. The zero-order valence-electron chi connectivity index (χ0n) is 19.7. The number of anilines is 1. The Morgan fingerprint density at radius 2 is 1.73 bits per heavy atom. The number of nitro groups is 1. The molecule has 0 aliphatic rings. The van der Waals surface area contributed by atoms with E-state index in [0.29, 0.717) is 38.6 Å².